The van der Waals surface area contributed by atoms with Gasteiger partial charge in [-0.2, -0.15) is 0 Å². The topological polar surface area (TPSA) is 79.3 Å². The van der Waals surface area contributed by atoms with Crippen LogP contribution in [0.25, 0.3) is 0 Å². The fraction of sp³-hybridized carbons (Fsp3) is 0.133. The van der Waals surface area contributed by atoms with Crippen LogP contribution in [0, 0.1) is 0 Å². The number of pyridine rings is 1. The molecule has 0 spiro atoms. The molecule has 2 N–H and O–H groups in total. The number of carboxylic acid groups (broad SMARTS) is 1. The summed E-state index contributed by atoms with van der Waals surface area (Å²) in [4.78, 5) is 26.6. The molecule has 0 aliphatic carbocycles. The quantitative estimate of drug-likeness (QED) is 0.867. The van der Waals surface area contributed by atoms with E-state index in [-0.39, 0.29) is 11.3 Å². The predicted molar refractivity (Wildman–Crippen MR) is 73.7 cm³/mol. The van der Waals surface area contributed by atoms with Crippen molar-refractivity contribution in [1.29, 1.82) is 0 Å². The molecule has 0 saturated heterocycles. The highest BCUT2D eigenvalue weighted by atomic mass is 16.4. The van der Waals surface area contributed by atoms with Crippen LogP contribution in [-0.4, -0.2) is 28.5 Å². The Morgan fingerprint density at radius 1 is 1.10 bits per heavy atom. The van der Waals surface area contributed by atoms with Gasteiger partial charge in [-0.15, -0.1) is 0 Å². The zero-order chi connectivity index (χ0) is 14.4. The molecule has 0 aliphatic heterocycles. The van der Waals surface area contributed by atoms with Crippen LogP contribution in [-0.2, 0) is 6.42 Å². The first-order valence-corrected chi connectivity index (χ1v) is 6.19. The first-order chi connectivity index (χ1) is 9.68. The molecular formula is C15H14N2O3. The molecule has 0 radical (unpaired) electrons. The van der Waals surface area contributed by atoms with Gasteiger partial charge in [0, 0.05) is 12.7 Å². The second-order valence-electron chi connectivity index (χ2n) is 4.20. The van der Waals surface area contributed by atoms with E-state index in [9.17, 15) is 9.59 Å². The molecular weight excluding hydrogens is 256 g/mol. The van der Waals surface area contributed by atoms with Crippen molar-refractivity contribution in [3.05, 3.63) is 65.5 Å². The van der Waals surface area contributed by atoms with Gasteiger partial charge < -0.3 is 10.4 Å². The lowest BCUT2D eigenvalue weighted by Crippen LogP contribution is -2.27. The predicted octanol–water partition coefficient (Wildman–Crippen LogP) is 1.75. The third-order valence-electron chi connectivity index (χ3n) is 2.80. The number of aromatic carboxylic acids is 1. The molecule has 1 aromatic heterocycles. The summed E-state index contributed by atoms with van der Waals surface area (Å²) in [5, 5.41) is 11.7. The van der Waals surface area contributed by atoms with E-state index in [1.165, 1.54) is 12.3 Å². The van der Waals surface area contributed by atoms with E-state index in [1.54, 1.807) is 6.07 Å². The number of amides is 1. The zero-order valence-corrected chi connectivity index (χ0v) is 10.7. The number of hydrogen-bond acceptors (Lipinski definition) is 3. The molecule has 5 heteroatoms. The van der Waals surface area contributed by atoms with Crippen molar-refractivity contribution in [3.63, 3.8) is 0 Å². The van der Waals surface area contributed by atoms with Crippen LogP contribution in [0.4, 0.5) is 0 Å². The van der Waals surface area contributed by atoms with Crippen LogP contribution in [0.2, 0.25) is 0 Å². The molecule has 0 bridgehead atoms. The molecule has 0 saturated carbocycles. The highest BCUT2D eigenvalue weighted by molar-refractivity contribution is 6.03. The van der Waals surface area contributed by atoms with E-state index in [2.05, 4.69) is 10.3 Å². The fourth-order valence-electron chi connectivity index (χ4n) is 1.82. The van der Waals surface area contributed by atoms with Crippen molar-refractivity contribution >= 4 is 11.9 Å². The van der Waals surface area contributed by atoms with Gasteiger partial charge >= 0.3 is 5.97 Å². The summed E-state index contributed by atoms with van der Waals surface area (Å²) >= 11 is 0. The number of carbonyl (C=O) groups excluding carboxylic acids is 1. The normalized spacial score (nSPS) is 10.0. The highest BCUT2D eigenvalue weighted by Gasteiger charge is 2.16. The number of nitrogens with zero attached hydrogens (tertiary/aromatic N) is 1. The Morgan fingerprint density at radius 3 is 2.55 bits per heavy atom. The highest BCUT2D eigenvalue weighted by Crippen LogP contribution is 2.05. The minimum atomic E-state index is -1.21. The summed E-state index contributed by atoms with van der Waals surface area (Å²) in [5.74, 6) is -1.63. The number of carbonyl (C=O) groups is 2. The Bertz CT molecular complexity index is 612. The van der Waals surface area contributed by atoms with Crippen molar-refractivity contribution < 1.29 is 14.7 Å². The molecule has 0 unspecified atom stereocenters. The van der Waals surface area contributed by atoms with Gasteiger partial charge in [-0.25, -0.2) is 9.78 Å². The van der Waals surface area contributed by atoms with Crippen LogP contribution in [0.15, 0.2) is 48.7 Å². The van der Waals surface area contributed by atoms with Gasteiger partial charge in [-0.05, 0) is 24.1 Å². The summed E-state index contributed by atoms with van der Waals surface area (Å²) < 4.78 is 0. The lowest BCUT2D eigenvalue weighted by Gasteiger charge is -2.07. The molecule has 2 rings (SSSR count). The second-order valence-corrected chi connectivity index (χ2v) is 4.20. The third kappa shape index (κ3) is 3.41. The number of aromatic nitrogens is 1. The van der Waals surface area contributed by atoms with Gasteiger partial charge in [0.05, 0.1) is 5.56 Å². The average Bonchev–Trinajstić information content (AvgIpc) is 2.48. The fourth-order valence-corrected chi connectivity index (χ4v) is 1.82. The molecule has 5 nitrogen and oxygen atoms in total. The van der Waals surface area contributed by atoms with E-state index in [0.717, 1.165) is 5.56 Å². The Kier molecular flexibility index (Phi) is 4.44. The van der Waals surface area contributed by atoms with Crippen molar-refractivity contribution in [2.24, 2.45) is 0 Å². The van der Waals surface area contributed by atoms with Gasteiger partial charge in [-0.3, -0.25) is 4.79 Å². The maximum atomic E-state index is 11.9. The minimum absolute atomic E-state index is 0.0769. The van der Waals surface area contributed by atoms with Crippen LogP contribution in [0.3, 0.4) is 0 Å². The molecule has 0 atom stereocenters. The van der Waals surface area contributed by atoms with Gasteiger partial charge in [0.2, 0.25) is 0 Å². The number of rotatable bonds is 5. The van der Waals surface area contributed by atoms with Crippen LogP contribution < -0.4 is 5.32 Å². The Morgan fingerprint density at radius 2 is 1.85 bits per heavy atom. The van der Waals surface area contributed by atoms with Crippen LogP contribution in [0.5, 0.6) is 0 Å². The molecule has 0 fully saturated rings. The maximum Gasteiger partial charge on any atom is 0.355 e. The SMILES string of the molecule is O=C(NCCc1ccccc1)c1cccnc1C(=O)O. The Balaban J connectivity index is 1.97. The Hall–Kier alpha value is -2.69. The van der Waals surface area contributed by atoms with E-state index < -0.39 is 11.9 Å². The largest absolute Gasteiger partial charge is 0.476 e. The first-order valence-electron chi connectivity index (χ1n) is 6.19. The minimum Gasteiger partial charge on any atom is -0.476 e. The lowest BCUT2D eigenvalue weighted by molar-refractivity contribution is 0.0684. The monoisotopic (exact) mass is 270 g/mol. The third-order valence-corrected chi connectivity index (χ3v) is 2.80. The molecule has 20 heavy (non-hydrogen) atoms. The van der Waals surface area contributed by atoms with Crippen molar-refractivity contribution in [1.82, 2.24) is 10.3 Å². The van der Waals surface area contributed by atoms with Gasteiger partial charge in [0.1, 0.15) is 0 Å². The van der Waals surface area contributed by atoms with Crippen LogP contribution >= 0.6 is 0 Å². The lowest BCUT2D eigenvalue weighted by atomic mass is 10.1. The molecule has 1 amide bonds. The standard InChI is InChI=1S/C15H14N2O3/c18-14(12-7-4-9-16-13(12)15(19)20)17-10-8-11-5-2-1-3-6-11/h1-7,9H,8,10H2,(H,17,18)(H,19,20). The average molecular weight is 270 g/mol. The van der Waals surface area contributed by atoms with E-state index in [4.69, 9.17) is 5.11 Å². The smallest absolute Gasteiger partial charge is 0.355 e. The summed E-state index contributed by atoms with van der Waals surface area (Å²) in [5.41, 5.74) is 0.954. The maximum absolute atomic E-state index is 11.9. The summed E-state index contributed by atoms with van der Waals surface area (Å²) in [6.45, 7) is 0.441. The van der Waals surface area contributed by atoms with E-state index >= 15 is 0 Å². The van der Waals surface area contributed by atoms with Crippen molar-refractivity contribution in [3.8, 4) is 0 Å². The second kappa shape index (κ2) is 6.47. The molecule has 1 aromatic carbocycles. The molecule has 2 aromatic rings. The van der Waals surface area contributed by atoms with Crippen molar-refractivity contribution in [2.75, 3.05) is 6.54 Å². The van der Waals surface area contributed by atoms with Gasteiger partial charge in [0.25, 0.3) is 5.91 Å². The molecule has 102 valence electrons. The van der Waals surface area contributed by atoms with Gasteiger partial charge in [0.15, 0.2) is 5.69 Å². The number of carboxylic acids is 1. The van der Waals surface area contributed by atoms with Crippen molar-refractivity contribution in [2.45, 2.75) is 6.42 Å². The summed E-state index contributed by atoms with van der Waals surface area (Å²) in [7, 11) is 0. The summed E-state index contributed by atoms with van der Waals surface area (Å²) in [6, 6.07) is 12.7. The molecule has 0 aliphatic rings. The number of hydrogen-bond donors (Lipinski definition) is 2. The zero-order valence-electron chi connectivity index (χ0n) is 10.7. The first kappa shape index (κ1) is 13.7. The van der Waals surface area contributed by atoms with E-state index in [1.807, 2.05) is 30.3 Å². The summed E-state index contributed by atoms with van der Waals surface area (Å²) in [6.07, 6.45) is 2.04. The molecule has 1 heterocycles. The number of benzene rings is 1. The van der Waals surface area contributed by atoms with E-state index in [0.29, 0.717) is 13.0 Å². The van der Waals surface area contributed by atoms with Gasteiger partial charge in [-0.1, -0.05) is 30.3 Å². The van der Waals surface area contributed by atoms with Crippen LogP contribution in [0.1, 0.15) is 26.4 Å². The number of nitrogens with one attached hydrogen (secondary N) is 1. The Labute approximate surface area is 116 Å².